The lowest BCUT2D eigenvalue weighted by Crippen LogP contribution is -2.51. The molecule has 1 aromatic heterocycles. The average molecular weight is 316 g/mol. The molecule has 1 saturated heterocycles. The number of nitrogens with zero attached hydrogens (tertiary/aromatic N) is 2. The molecule has 3 aliphatic rings. The molecular weight excluding hydrogens is 288 g/mol. The fraction of sp³-hybridized carbons (Fsp3) is 0.737. The first kappa shape index (κ1) is 15.6. The van der Waals surface area contributed by atoms with Gasteiger partial charge in [0.25, 0.3) is 0 Å². The molecule has 0 N–H and O–H groups in total. The van der Waals surface area contributed by atoms with Crippen molar-refractivity contribution in [3.63, 3.8) is 0 Å². The summed E-state index contributed by atoms with van der Waals surface area (Å²) in [4.78, 5) is 6.73. The molecule has 0 radical (unpaired) electrons. The van der Waals surface area contributed by atoms with Gasteiger partial charge in [-0.1, -0.05) is 0 Å². The van der Waals surface area contributed by atoms with Crippen molar-refractivity contribution in [1.82, 2.24) is 9.88 Å². The standard InChI is InChI=1S/C19H28N2O2/c1-22-19-7-4-17(23-14-16-2-3-16)12-18(19)21(11-8-19)13-15-5-9-20-10-6-15/h5-6,9-10,16-18H,2-4,7-8,11-14H2,1H3/t17-,18+,19-/m1/s1. The highest BCUT2D eigenvalue weighted by Gasteiger charge is 2.51. The predicted molar refractivity (Wildman–Crippen MR) is 89.1 cm³/mol. The largest absolute Gasteiger partial charge is 0.378 e. The minimum absolute atomic E-state index is 0.0481. The summed E-state index contributed by atoms with van der Waals surface area (Å²) < 4.78 is 12.3. The number of ether oxygens (including phenoxy) is 2. The van der Waals surface area contributed by atoms with Crippen molar-refractivity contribution < 1.29 is 9.47 Å². The van der Waals surface area contributed by atoms with E-state index in [1.54, 1.807) is 0 Å². The number of fused-ring (bicyclic) bond motifs is 1. The van der Waals surface area contributed by atoms with Crippen LogP contribution in [0, 0.1) is 5.92 Å². The van der Waals surface area contributed by atoms with Crippen LogP contribution in [0.3, 0.4) is 0 Å². The van der Waals surface area contributed by atoms with Crippen LogP contribution in [0.2, 0.25) is 0 Å². The van der Waals surface area contributed by atoms with Crippen molar-refractivity contribution in [1.29, 1.82) is 0 Å². The normalized spacial score (nSPS) is 34.5. The van der Waals surface area contributed by atoms with Crippen LogP contribution in [-0.2, 0) is 16.0 Å². The maximum absolute atomic E-state index is 6.21. The second-order valence-electron chi connectivity index (χ2n) is 7.53. The summed E-state index contributed by atoms with van der Waals surface area (Å²) in [5.74, 6) is 0.848. The molecule has 2 saturated carbocycles. The Morgan fingerprint density at radius 3 is 2.78 bits per heavy atom. The first-order valence-electron chi connectivity index (χ1n) is 9.09. The molecule has 0 unspecified atom stereocenters. The van der Waals surface area contributed by atoms with E-state index in [4.69, 9.17) is 9.47 Å². The van der Waals surface area contributed by atoms with Crippen LogP contribution in [0.5, 0.6) is 0 Å². The Balaban J connectivity index is 1.43. The van der Waals surface area contributed by atoms with Gasteiger partial charge in [0, 0.05) is 45.2 Å². The van der Waals surface area contributed by atoms with Gasteiger partial charge in [-0.15, -0.1) is 0 Å². The third-order valence-corrected chi connectivity index (χ3v) is 6.05. The summed E-state index contributed by atoms with van der Waals surface area (Å²) in [5.41, 5.74) is 1.39. The zero-order valence-electron chi connectivity index (χ0n) is 14.1. The Labute approximate surface area is 139 Å². The summed E-state index contributed by atoms with van der Waals surface area (Å²) in [7, 11) is 1.90. The van der Waals surface area contributed by atoms with E-state index in [-0.39, 0.29) is 5.60 Å². The maximum Gasteiger partial charge on any atom is 0.0847 e. The van der Waals surface area contributed by atoms with E-state index in [1.807, 2.05) is 19.5 Å². The Morgan fingerprint density at radius 2 is 2.04 bits per heavy atom. The number of rotatable bonds is 6. The van der Waals surface area contributed by atoms with Crippen LogP contribution < -0.4 is 0 Å². The molecule has 4 nitrogen and oxygen atoms in total. The van der Waals surface area contributed by atoms with Crippen molar-refractivity contribution >= 4 is 0 Å². The highest BCUT2D eigenvalue weighted by Crippen LogP contribution is 2.44. The second-order valence-corrected chi connectivity index (χ2v) is 7.53. The van der Waals surface area contributed by atoms with Gasteiger partial charge in [0.1, 0.15) is 0 Å². The molecule has 0 bridgehead atoms. The Morgan fingerprint density at radius 1 is 1.22 bits per heavy atom. The molecule has 126 valence electrons. The molecule has 2 aliphatic carbocycles. The van der Waals surface area contributed by atoms with Gasteiger partial charge in [-0.25, -0.2) is 0 Å². The second kappa shape index (κ2) is 6.50. The van der Waals surface area contributed by atoms with Crippen molar-refractivity contribution in [2.24, 2.45) is 5.92 Å². The van der Waals surface area contributed by atoms with Crippen molar-refractivity contribution in [3.05, 3.63) is 30.1 Å². The van der Waals surface area contributed by atoms with E-state index >= 15 is 0 Å². The van der Waals surface area contributed by atoms with Gasteiger partial charge in [-0.05, 0) is 62.1 Å². The lowest BCUT2D eigenvalue weighted by Gasteiger charge is -2.43. The van der Waals surface area contributed by atoms with Crippen molar-refractivity contribution in [2.45, 2.75) is 62.8 Å². The minimum Gasteiger partial charge on any atom is -0.378 e. The van der Waals surface area contributed by atoms with Gasteiger partial charge in [-0.3, -0.25) is 9.88 Å². The van der Waals surface area contributed by atoms with Crippen LogP contribution in [0.15, 0.2) is 24.5 Å². The number of hydrogen-bond donors (Lipinski definition) is 0. The predicted octanol–water partition coefficient (Wildman–Crippen LogP) is 3.02. The molecule has 2 heterocycles. The average Bonchev–Trinajstić information content (AvgIpc) is 3.36. The molecule has 1 aliphatic heterocycles. The van der Waals surface area contributed by atoms with Crippen LogP contribution in [0.4, 0.5) is 0 Å². The molecule has 0 spiro atoms. The summed E-state index contributed by atoms with van der Waals surface area (Å²) in [5, 5.41) is 0. The summed E-state index contributed by atoms with van der Waals surface area (Å²) in [6.45, 7) is 3.09. The molecule has 0 aromatic carbocycles. The molecule has 4 heteroatoms. The quantitative estimate of drug-likeness (QED) is 0.808. The first-order chi connectivity index (χ1) is 11.3. The van der Waals surface area contributed by atoms with E-state index in [2.05, 4.69) is 22.0 Å². The summed E-state index contributed by atoms with van der Waals surface area (Å²) >= 11 is 0. The van der Waals surface area contributed by atoms with E-state index in [0.29, 0.717) is 12.1 Å². The fourth-order valence-corrected chi connectivity index (χ4v) is 4.38. The number of aromatic nitrogens is 1. The number of pyridine rings is 1. The fourth-order valence-electron chi connectivity index (χ4n) is 4.38. The monoisotopic (exact) mass is 316 g/mol. The van der Waals surface area contributed by atoms with Crippen molar-refractivity contribution in [3.8, 4) is 0 Å². The Hall–Kier alpha value is -0.970. The molecule has 0 amide bonds. The van der Waals surface area contributed by atoms with Gasteiger partial charge in [0.2, 0.25) is 0 Å². The summed E-state index contributed by atoms with van der Waals surface area (Å²) in [6, 6.07) is 4.73. The van der Waals surface area contributed by atoms with Crippen molar-refractivity contribution in [2.75, 3.05) is 20.3 Å². The topological polar surface area (TPSA) is 34.6 Å². The van der Waals surface area contributed by atoms with E-state index in [1.165, 1.54) is 18.4 Å². The maximum atomic E-state index is 6.21. The lowest BCUT2D eigenvalue weighted by atomic mass is 9.79. The molecule has 3 fully saturated rings. The van der Waals surface area contributed by atoms with Crippen LogP contribution in [0.25, 0.3) is 0 Å². The minimum atomic E-state index is 0.0481. The zero-order valence-corrected chi connectivity index (χ0v) is 14.1. The van der Waals surface area contributed by atoms with Crippen LogP contribution in [-0.4, -0.2) is 47.9 Å². The lowest BCUT2D eigenvalue weighted by molar-refractivity contribution is -0.103. The van der Waals surface area contributed by atoms with Crippen LogP contribution in [0.1, 0.15) is 44.1 Å². The third kappa shape index (κ3) is 3.30. The molecule has 3 atom stereocenters. The van der Waals surface area contributed by atoms with E-state index in [0.717, 1.165) is 51.3 Å². The summed E-state index contributed by atoms with van der Waals surface area (Å²) in [6.07, 6.45) is 11.5. The van der Waals surface area contributed by atoms with Gasteiger partial charge < -0.3 is 9.47 Å². The van der Waals surface area contributed by atoms with E-state index < -0.39 is 0 Å². The SMILES string of the molecule is CO[C@@]12CC[C@@H](OCC3CC3)C[C@@H]1N(Cc1ccncc1)CC2. The Kier molecular flexibility index (Phi) is 4.39. The highest BCUT2D eigenvalue weighted by atomic mass is 16.5. The number of likely N-dealkylation sites (tertiary alicyclic amines) is 1. The molecule has 23 heavy (non-hydrogen) atoms. The zero-order chi connectivity index (χ0) is 15.7. The molecule has 4 rings (SSSR count). The number of hydrogen-bond acceptors (Lipinski definition) is 4. The van der Waals surface area contributed by atoms with Gasteiger partial charge >= 0.3 is 0 Å². The smallest absolute Gasteiger partial charge is 0.0847 e. The van der Waals surface area contributed by atoms with Gasteiger partial charge in [-0.2, -0.15) is 0 Å². The first-order valence-corrected chi connectivity index (χ1v) is 9.09. The van der Waals surface area contributed by atoms with Gasteiger partial charge in [0.05, 0.1) is 11.7 Å². The van der Waals surface area contributed by atoms with Crippen LogP contribution >= 0.6 is 0 Å². The highest BCUT2D eigenvalue weighted by molar-refractivity contribution is 5.13. The third-order valence-electron chi connectivity index (χ3n) is 6.05. The number of methoxy groups -OCH3 is 1. The Bertz CT molecular complexity index is 519. The van der Waals surface area contributed by atoms with Gasteiger partial charge in [0.15, 0.2) is 0 Å². The molecule has 1 aromatic rings. The molecular formula is C19H28N2O2. The van der Waals surface area contributed by atoms with E-state index in [9.17, 15) is 0 Å².